The van der Waals surface area contributed by atoms with E-state index in [-0.39, 0.29) is 6.42 Å². The molecule has 0 saturated carbocycles. The summed E-state index contributed by atoms with van der Waals surface area (Å²) in [6, 6.07) is 8.15. The molecule has 0 radical (unpaired) electrons. The van der Waals surface area contributed by atoms with Crippen LogP contribution in [0.5, 0.6) is 0 Å². The lowest BCUT2D eigenvalue weighted by atomic mass is 10.0. The molecule has 3 rings (SSSR count). The van der Waals surface area contributed by atoms with Gasteiger partial charge >= 0.3 is 0 Å². The third-order valence-electron chi connectivity index (χ3n) is 4.86. The van der Waals surface area contributed by atoms with Gasteiger partial charge in [-0.25, -0.2) is 0 Å². The molecule has 0 spiro atoms. The fourth-order valence-electron chi connectivity index (χ4n) is 3.44. The van der Waals surface area contributed by atoms with Crippen molar-refractivity contribution in [2.45, 2.75) is 31.7 Å². The van der Waals surface area contributed by atoms with Gasteiger partial charge in [0.05, 0.1) is 0 Å². The van der Waals surface area contributed by atoms with E-state index in [1.54, 1.807) is 17.9 Å². The molecule has 2 heterocycles. The van der Waals surface area contributed by atoms with Gasteiger partial charge in [-0.1, -0.05) is 30.3 Å². The lowest BCUT2D eigenvalue weighted by molar-refractivity contribution is -0.137. The lowest BCUT2D eigenvalue weighted by Gasteiger charge is -2.27. The number of nitrogens with zero attached hydrogens (tertiary/aromatic N) is 3. The number of nitrogens with one attached hydrogen (secondary N) is 1. The van der Waals surface area contributed by atoms with Crippen molar-refractivity contribution in [3.05, 3.63) is 47.7 Å². The molecule has 28 heavy (non-hydrogen) atoms. The molecule has 1 saturated heterocycles. The van der Waals surface area contributed by atoms with E-state index in [4.69, 9.17) is 5.73 Å². The SMILES string of the molecule is Cn1cc(C(=O)NC(Cc2ccccc2)C(=O)C(N)=O)c(N2CCCCC2)n1. The zero-order valence-electron chi connectivity index (χ0n) is 15.9. The van der Waals surface area contributed by atoms with E-state index in [0.717, 1.165) is 37.9 Å². The largest absolute Gasteiger partial charge is 0.363 e. The van der Waals surface area contributed by atoms with Crippen molar-refractivity contribution in [3.63, 3.8) is 0 Å². The highest BCUT2D eigenvalue weighted by Gasteiger charge is 2.29. The number of carbonyl (C=O) groups excluding carboxylic acids is 3. The second-order valence-electron chi connectivity index (χ2n) is 7.03. The minimum atomic E-state index is -1.07. The Hall–Kier alpha value is -3.16. The van der Waals surface area contributed by atoms with Gasteiger partial charge in [-0.15, -0.1) is 0 Å². The summed E-state index contributed by atoms with van der Waals surface area (Å²) in [5, 5.41) is 7.12. The Labute approximate surface area is 163 Å². The molecule has 3 N–H and O–H groups in total. The number of amides is 2. The average Bonchev–Trinajstić information content (AvgIpc) is 3.10. The van der Waals surface area contributed by atoms with Crippen LogP contribution in [0, 0.1) is 0 Å². The number of nitrogens with two attached hydrogens (primary N) is 1. The first-order chi connectivity index (χ1) is 13.5. The Bertz CT molecular complexity index is 856. The second-order valence-corrected chi connectivity index (χ2v) is 7.03. The molecule has 1 fully saturated rings. The predicted molar refractivity (Wildman–Crippen MR) is 105 cm³/mol. The minimum absolute atomic E-state index is 0.188. The number of ketones is 1. The smallest absolute Gasteiger partial charge is 0.287 e. The van der Waals surface area contributed by atoms with Gasteiger partial charge in [0.15, 0.2) is 5.82 Å². The van der Waals surface area contributed by atoms with Gasteiger partial charge in [0.1, 0.15) is 11.6 Å². The molecule has 1 aliphatic heterocycles. The number of hydrogen-bond donors (Lipinski definition) is 2. The number of Topliss-reactive ketones (excluding diaryl/α,β-unsaturated/α-hetero) is 1. The number of rotatable bonds is 7. The number of hydrogen-bond acceptors (Lipinski definition) is 5. The van der Waals surface area contributed by atoms with Gasteiger partial charge < -0.3 is 16.0 Å². The van der Waals surface area contributed by atoms with Crippen LogP contribution in [-0.4, -0.2) is 46.5 Å². The molecular formula is C20H25N5O3. The number of benzene rings is 1. The number of aromatic nitrogens is 2. The zero-order valence-corrected chi connectivity index (χ0v) is 15.9. The quantitative estimate of drug-likeness (QED) is 0.688. The van der Waals surface area contributed by atoms with Crippen molar-refractivity contribution in [1.29, 1.82) is 0 Å². The van der Waals surface area contributed by atoms with Crippen LogP contribution < -0.4 is 16.0 Å². The fraction of sp³-hybridized carbons (Fsp3) is 0.400. The molecule has 1 unspecified atom stereocenters. The molecule has 1 atom stereocenters. The highest BCUT2D eigenvalue weighted by molar-refractivity contribution is 6.38. The third-order valence-corrected chi connectivity index (χ3v) is 4.86. The number of aryl methyl sites for hydroxylation is 1. The van der Waals surface area contributed by atoms with Crippen LogP contribution in [0.1, 0.15) is 35.2 Å². The Morgan fingerprint density at radius 2 is 1.82 bits per heavy atom. The van der Waals surface area contributed by atoms with E-state index in [1.165, 1.54) is 0 Å². The van der Waals surface area contributed by atoms with Gasteiger partial charge in [0, 0.05) is 32.8 Å². The van der Waals surface area contributed by atoms with E-state index in [0.29, 0.717) is 11.4 Å². The molecule has 0 bridgehead atoms. The zero-order chi connectivity index (χ0) is 20.1. The molecule has 1 aliphatic rings. The molecule has 0 aliphatic carbocycles. The van der Waals surface area contributed by atoms with E-state index in [9.17, 15) is 14.4 Å². The third kappa shape index (κ3) is 4.57. The summed E-state index contributed by atoms with van der Waals surface area (Å²) in [5.41, 5.74) is 6.40. The number of primary amides is 1. The van der Waals surface area contributed by atoms with Crippen molar-refractivity contribution in [2.75, 3.05) is 18.0 Å². The summed E-state index contributed by atoms with van der Waals surface area (Å²) >= 11 is 0. The minimum Gasteiger partial charge on any atom is -0.363 e. The highest BCUT2D eigenvalue weighted by atomic mass is 16.2. The summed E-state index contributed by atoms with van der Waals surface area (Å²) in [6.45, 7) is 1.68. The summed E-state index contributed by atoms with van der Waals surface area (Å²) in [5.74, 6) is -1.72. The van der Waals surface area contributed by atoms with Crippen LogP contribution in [0.15, 0.2) is 36.5 Å². The van der Waals surface area contributed by atoms with Crippen LogP contribution >= 0.6 is 0 Å². The Kier molecular flexibility index (Phi) is 6.08. The maximum Gasteiger partial charge on any atom is 0.287 e. The van der Waals surface area contributed by atoms with Crippen LogP contribution in [-0.2, 0) is 23.1 Å². The lowest BCUT2D eigenvalue weighted by Crippen LogP contribution is -2.47. The second kappa shape index (κ2) is 8.69. The molecule has 2 aromatic rings. The van der Waals surface area contributed by atoms with Crippen LogP contribution in [0.2, 0.25) is 0 Å². The number of piperidine rings is 1. The topological polar surface area (TPSA) is 110 Å². The first-order valence-corrected chi connectivity index (χ1v) is 9.42. The average molecular weight is 383 g/mol. The van der Waals surface area contributed by atoms with Gasteiger partial charge in [0.2, 0.25) is 5.78 Å². The molecule has 8 nitrogen and oxygen atoms in total. The van der Waals surface area contributed by atoms with Crippen molar-refractivity contribution in [2.24, 2.45) is 12.8 Å². The standard InChI is InChI=1S/C20H25N5O3/c1-24-13-15(19(23-24)25-10-6-3-7-11-25)20(28)22-16(17(26)18(21)27)12-14-8-4-2-5-9-14/h2,4-5,8-9,13,16H,3,6-7,10-12H2,1H3,(H2,21,27)(H,22,28). The molecule has 1 aromatic heterocycles. The van der Waals surface area contributed by atoms with Gasteiger partial charge in [0.25, 0.3) is 11.8 Å². The predicted octanol–water partition coefficient (Wildman–Crippen LogP) is 0.806. The summed E-state index contributed by atoms with van der Waals surface area (Å²) in [6.07, 6.45) is 5.08. The van der Waals surface area contributed by atoms with E-state index in [1.807, 2.05) is 30.3 Å². The summed E-state index contributed by atoms with van der Waals surface area (Å²) in [7, 11) is 1.75. The number of anilines is 1. The van der Waals surface area contributed by atoms with Gasteiger partial charge in [-0.05, 0) is 24.8 Å². The first-order valence-electron chi connectivity index (χ1n) is 9.42. The molecular weight excluding hydrogens is 358 g/mol. The Balaban J connectivity index is 1.81. The molecule has 2 amide bonds. The first kappa shape index (κ1) is 19.6. The van der Waals surface area contributed by atoms with Crippen molar-refractivity contribution < 1.29 is 14.4 Å². The van der Waals surface area contributed by atoms with Crippen molar-refractivity contribution in [1.82, 2.24) is 15.1 Å². The normalized spacial score (nSPS) is 15.1. The van der Waals surface area contributed by atoms with Crippen LogP contribution in [0.25, 0.3) is 0 Å². The van der Waals surface area contributed by atoms with Crippen molar-refractivity contribution in [3.8, 4) is 0 Å². The van der Waals surface area contributed by atoms with E-state index < -0.39 is 23.6 Å². The maximum atomic E-state index is 13.0. The van der Waals surface area contributed by atoms with Gasteiger partial charge in [-0.2, -0.15) is 5.10 Å². The monoisotopic (exact) mass is 383 g/mol. The van der Waals surface area contributed by atoms with E-state index >= 15 is 0 Å². The molecule has 8 heteroatoms. The number of carbonyl (C=O) groups is 3. The Morgan fingerprint density at radius 3 is 2.46 bits per heavy atom. The van der Waals surface area contributed by atoms with Gasteiger partial charge in [-0.3, -0.25) is 19.1 Å². The maximum absolute atomic E-state index is 13.0. The summed E-state index contributed by atoms with van der Waals surface area (Å²) in [4.78, 5) is 38.8. The van der Waals surface area contributed by atoms with Crippen LogP contribution in [0.4, 0.5) is 5.82 Å². The Morgan fingerprint density at radius 1 is 1.14 bits per heavy atom. The highest BCUT2D eigenvalue weighted by Crippen LogP contribution is 2.22. The van der Waals surface area contributed by atoms with Crippen LogP contribution in [0.3, 0.4) is 0 Å². The molecule has 148 valence electrons. The van der Waals surface area contributed by atoms with Crippen molar-refractivity contribution >= 4 is 23.4 Å². The fourth-order valence-corrected chi connectivity index (χ4v) is 3.44. The van der Waals surface area contributed by atoms with E-state index in [2.05, 4.69) is 15.3 Å². The molecule has 1 aromatic carbocycles. The summed E-state index contributed by atoms with van der Waals surface area (Å²) < 4.78 is 1.58.